The Balaban J connectivity index is 2.29. The van der Waals surface area contributed by atoms with Crippen LogP contribution >= 0.6 is 0 Å². The molecule has 0 saturated heterocycles. The lowest BCUT2D eigenvalue weighted by molar-refractivity contribution is 0.0694. The van der Waals surface area contributed by atoms with Gasteiger partial charge in [0.25, 0.3) is 5.56 Å². The minimum absolute atomic E-state index is 0.207. The van der Waals surface area contributed by atoms with Crippen LogP contribution in [0.2, 0.25) is 0 Å². The molecule has 0 aromatic carbocycles. The number of aryl methyl sites for hydroxylation is 2. The number of carboxylic acid groups (broad SMARTS) is 1. The van der Waals surface area contributed by atoms with Crippen LogP contribution in [0.4, 0.5) is 0 Å². The second kappa shape index (κ2) is 4.87. The molecule has 0 aliphatic heterocycles. The number of aromatic nitrogens is 3. The Kier molecular flexibility index (Phi) is 3.27. The van der Waals surface area contributed by atoms with E-state index >= 15 is 0 Å². The number of rotatable bonds is 4. The van der Waals surface area contributed by atoms with Crippen LogP contribution < -0.4 is 5.56 Å². The van der Waals surface area contributed by atoms with Crippen molar-refractivity contribution in [2.75, 3.05) is 0 Å². The molecule has 0 unspecified atom stereocenters. The molecule has 2 aromatic rings. The smallest absolute Gasteiger partial charge is 0.341 e. The van der Waals surface area contributed by atoms with E-state index in [1.807, 2.05) is 0 Å². The molecular weight excluding hydrogens is 234 g/mol. The van der Waals surface area contributed by atoms with Crippen LogP contribution in [0, 0.1) is 6.92 Å². The van der Waals surface area contributed by atoms with Gasteiger partial charge in [0.1, 0.15) is 5.56 Å². The van der Waals surface area contributed by atoms with Gasteiger partial charge in [-0.3, -0.25) is 9.48 Å². The molecule has 2 aromatic heterocycles. The maximum atomic E-state index is 11.9. The second-order valence-electron chi connectivity index (χ2n) is 3.92. The summed E-state index contributed by atoms with van der Waals surface area (Å²) in [4.78, 5) is 22.8. The van der Waals surface area contributed by atoms with Crippen molar-refractivity contribution in [2.24, 2.45) is 0 Å². The molecule has 1 N–H and O–H groups in total. The fourth-order valence-electron chi connectivity index (χ4n) is 1.75. The quantitative estimate of drug-likeness (QED) is 0.865. The zero-order valence-corrected chi connectivity index (χ0v) is 9.91. The molecule has 2 heterocycles. The van der Waals surface area contributed by atoms with Gasteiger partial charge in [0.2, 0.25) is 0 Å². The SMILES string of the molecule is Cc1ccc(C(=O)O)c(=O)n1CCn1cccn1. The molecule has 0 atom stereocenters. The molecule has 2 rings (SSSR count). The van der Waals surface area contributed by atoms with Crippen molar-refractivity contribution >= 4 is 5.97 Å². The van der Waals surface area contributed by atoms with Crippen molar-refractivity contribution < 1.29 is 9.90 Å². The van der Waals surface area contributed by atoms with Gasteiger partial charge in [-0.15, -0.1) is 0 Å². The van der Waals surface area contributed by atoms with Gasteiger partial charge in [-0.2, -0.15) is 5.10 Å². The van der Waals surface area contributed by atoms with Crippen molar-refractivity contribution in [3.63, 3.8) is 0 Å². The highest BCUT2D eigenvalue weighted by Gasteiger charge is 2.12. The van der Waals surface area contributed by atoms with Gasteiger partial charge in [-0.1, -0.05) is 0 Å². The summed E-state index contributed by atoms with van der Waals surface area (Å²) in [5.74, 6) is -1.20. The van der Waals surface area contributed by atoms with Gasteiger partial charge in [-0.25, -0.2) is 4.79 Å². The summed E-state index contributed by atoms with van der Waals surface area (Å²) in [6.07, 6.45) is 3.45. The van der Waals surface area contributed by atoms with E-state index in [2.05, 4.69) is 5.10 Å². The number of pyridine rings is 1. The summed E-state index contributed by atoms with van der Waals surface area (Å²) in [6, 6.07) is 4.77. The Morgan fingerprint density at radius 3 is 2.78 bits per heavy atom. The lowest BCUT2D eigenvalue weighted by Gasteiger charge is -2.10. The van der Waals surface area contributed by atoms with Crippen molar-refractivity contribution in [3.05, 3.63) is 52.2 Å². The van der Waals surface area contributed by atoms with E-state index in [1.54, 1.807) is 36.1 Å². The van der Waals surface area contributed by atoms with Crippen LogP contribution in [0.25, 0.3) is 0 Å². The van der Waals surface area contributed by atoms with E-state index < -0.39 is 11.5 Å². The van der Waals surface area contributed by atoms with Crippen LogP contribution in [-0.4, -0.2) is 25.4 Å². The molecule has 0 aliphatic carbocycles. The molecule has 94 valence electrons. The van der Waals surface area contributed by atoms with E-state index in [9.17, 15) is 9.59 Å². The maximum Gasteiger partial charge on any atom is 0.341 e. The molecule has 0 radical (unpaired) electrons. The van der Waals surface area contributed by atoms with Gasteiger partial charge < -0.3 is 9.67 Å². The van der Waals surface area contributed by atoms with E-state index in [1.165, 1.54) is 10.6 Å². The fraction of sp³-hybridized carbons (Fsp3) is 0.250. The Bertz CT molecular complexity index is 614. The summed E-state index contributed by atoms with van der Waals surface area (Å²) < 4.78 is 3.14. The molecule has 0 aliphatic rings. The van der Waals surface area contributed by atoms with Crippen molar-refractivity contribution in [2.45, 2.75) is 20.0 Å². The summed E-state index contributed by atoms with van der Waals surface area (Å²) in [5.41, 5.74) is 0.0490. The lowest BCUT2D eigenvalue weighted by atomic mass is 10.2. The number of carbonyl (C=O) groups is 1. The highest BCUT2D eigenvalue weighted by Crippen LogP contribution is 1.99. The Morgan fingerprint density at radius 2 is 2.17 bits per heavy atom. The average molecular weight is 247 g/mol. The molecule has 0 spiro atoms. The molecule has 0 saturated carbocycles. The average Bonchev–Trinajstić information content (AvgIpc) is 2.81. The Hall–Kier alpha value is -2.37. The number of aromatic carboxylic acids is 1. The number of hydrogen-bond acceptors (Lipinski definition) is 3. The molecule has 18 heavy (non-hydrogen) atoms. The molecule has 6 heteroatoms. The first kappa shape index (κ1) is 12.1. The third-order valence-electron chi connectivity index (χ3n) is 2.73. The molecule has 0 amide bonds. The topological polar surface area (TPSA) is 77.1 Å². The third-order valence-corrected chi connectivity index (χ3v) is 2.73. The predicted octanol–water partition coefficient (Wildman–Crippen LogP) is 0.752. The van der Waals surface area contributed by atoms with Crippen molar-refractivity contribution in [1.82, 2.24) is 14.3 Å². The third kappa shape index (κ3) is 2.32. The van der Waals surface area contributed by atoms with E-state index in [0.29, 0.717) is 13.1 Å². The number of carboxylic acids is 1. The van der Waals surface area contributed by atoms with Crippen molar-refractivity contribution in [3.8, 4) is 0 Å². The van der Waals surface area contributed by atoms with E-state index in [0.717, 1.165) is 5.69 Å². The van der Waals surface area contributed by atoms with Gasteiger partial charge in [-0.05, 0) is 25.1 Å². The van der Waals surface area contributed by atoms with Gasteiger partial charge >= 0.3 is 5.97 Å². The number of hydrogen-bond donors (Lipinski definition) is 1. The first-order valence-corrected chi connectivity index (χ1v) is 5.51. The molecular formula is C12H13N3O3. The minimum atomic E-state index is -1.20. The Morgan fingerprint density at radius 1 is 1.39 bits per heavy atom. The first-order valence-electron chi connectivity index (χ1n) is 5.51. The summed E-state index contributed by atoms with van der Waals surface area (Å²) >= 11 is 0. The maximum absolute atomic E-state index is 11.9. The van der Waals surface area contributed by atoms with Gasteiger partial charge in [0.15, 0.2) is 0 Å². The van der Waals surface area contributed by atoms with E-state index in [4.69, 9.17) is 5.11 Å². The zero-order valence-electron chi connectivity index (χ0n) is 9.91. The van der Waals surface area contributed by atoms with Crippen LogP contribution in [0.15, 0.2) is 35.4 Å². The minimum Gasteiger partial charge on any atom is -0.477 e. The van der Waals surface area contributed by atoms with Crippen LogP contribution in [0.3, 0.4) is 0 Å². The standard InChI is InChI=1S/C12H13N3O3/c1-9-3-4-10(12(17)18)11(16)15(9)8-7-14-6-2-5-13-14/h2-6H,7-8H2,1H3,(H,17,18). The van der Waals surface area contributed by atoms with Crippen LogP contribution in [0.5, 0.6) is 0 Å². The molecule has 6 nitrogen and oxygen atoms in total. The van der Waals surface area contributed by atoms with Crippen LogP contribution in [-0.2, 0) is 13.1 Å². The van der Waals surface area contributed by atoms with E-state index in [-0.39, 0.29) is 5.56 Å². The van der Waals surface area contributed by atoms with Gasteiger partial charge in [0, 0.05) is 24.6 Å². The molecule has 0 fully saturated rings. The largest absolute Gasteiger partial charge is 0.477 e. The monoisotopic (exact) mass is 247 g/mol. The van der Waals surface area contributed by atoms with Gasteiger partial charge in [0.05, 0.1) is 6.54 Å². The predicted molar refractivity (Wildman–Crippen MR) is 64.6 cm³/mol. The highest BCUT2D eigenvalue weighted by atomic mass is 16.4. The van der Waals surface area contributed by atoms with Crippen LogP contribution in [0.1, 0.15) is 16.1 Å². The summed E-state index contributed by atoms with van der Waals surface area (Å²) in [5, 5.41) is 12.9. The second-order valence-corrected chi connectivity index (χ2v) is 3.92. The lowest BCUT2D eigenvalue weighted by Crippen LogP contribution is -2.29. The fourth-order valence-corrected chi connectivity index (χ4v) is 1.75. The van der Waals surface area contributed by atoms with Crippen molar-refractivity contribution in [1.29, 1.82) is 0 Å². The highest BCUT2D eigenvalue weighted by molar-refractivity contribution is 5.87. The first-order chi connectivity index (χ1) is 8.59. The summed E-state index contributed by atoms with van der Waals surface area (Å²) in [7, 11) is 0. The normalized spacial score (nSPS) is 10.5. The summed E-state index contributed by atoms with van der Waals surface area (Å²) in [6.45, 7) is 2.69. The number of nitrogens with zero attached hydrogens (tertiary/aromatic N) is 3. The Labute approximate surface area is 103 Å². The zero-order chi connectivity index (χ0) is 13.1. The molecule has 0 bridgehead atoms.